The second-order valence-corrected chi connectivity index (χ2v) is 17.3. The van der Waals surface area contributed by atoms with Crippen molar-refractivity contribution in [1.82, 2.24) is 0 Å². The highest BCUT2D eigenvalue weighted by Gasteiger charge is 2.28. The number of carboxylic acids is 1. The van der Waals surface area contributed by atoms with Gasteiger partial charge in [0.05, 0.1) is 25.4 Å². The van der Waals surface area contributed by atoms with Gasteiger partial charge in [-0.15, -0.1) is 0 Å². The van der Waals surface area contributed by atoms with Crippen LogP contribution in [0.2, 0.25) is 0 Å². The Morgan fingerprint density at radius 2 is 1.05 bits per heavy atom. The molecule has 0 aliphatic heterocycles. The van der Waals surface area contributed by atoms with Crippen molar-refractivity contribution in [3.63, 3.8) is 0 Å². The van der Waals surface area contributed by atoms with E-state index in [4.69, 9.17) is 24.8 Å². The van der Waals surface area contributed by atoms with E-state index in [1.54, 1.807) is 0 Å². The molecule has 0 aliphatic rings. The van der Waals surface area contributed by atoms with E-state index in [0.717, 1.165) is 77.0 Å². The van der Waals surface area contributed by atoms with Crippen molar-refractivity contribution in [3.8, 4) is 0 Å². The number of esters is 2. The van der Waals surface area contributed by atoms with Crippen molar-refractivity contribution in [2.45, 2.75) is 218 Å². The molecule has 0 saturated heterocycles. The molecule has 5 atom stereocenters. The third-order valence-corrected chi connectivity index (χ3v) is 11.0. The summed E-state index contributed by atoms with van der Waals surface area (Å²) in [5, 5.41) is 29.4. The van der Waals surface area contributed by atoms with Crippen molar-refractivity contribution in [2.75, 3.05) is 19.8 Å². The Labute approximate surface area is 362 Å². The van der Waals surface area contributed by atoms with E-state index >= 15 is 0 Å². The van der Waals surface area contributed by atoms with E-state index in [1.165, 1.54) is 64.2 Å². The van der Waals surface area contributed by atoms with Gasteiger partial charge in [0.25, 0.3) is 0 Å². The maximum atomic E-state index is 12.7. The Morgan fingerprint density at radius 3 is 1.60 bits per heavy atom. The van der Waals surface area contributed by atoms with Gasteiger partial charge in [0, 0.05) is 12.8 Å². The van der Waals surface area contributed by atoms with E-state index in [0.29, 0.717) is 25.7 Å². The summed E-state index contributed by atoms with van der Waals surface area (Å²) in [6.45, 7) is 2.57. The van der Waals surface area contributed by atoms with Gasteiger partial charge in [-0.05, 0) is 70.6 Å². The van der Waals surface area contributed by atoms with Crippen LogP contribution in [0.3, 0.4) is 0 Å². The molecule has 6 N–H and O–H groups in total. The molecule has 0 spiro atoms. The zero-order chi connectivity index (χ0) is 44.5. The molecule has 14 heteroatoms. The first-order valence-electron chi connectivity index (χ1n) is 23.2. The first kappa shape index (κ1) is 57.6. The van der Waals surface area contributed by atoms with Gasteiger partial charge >= 0.3 is 25.7 Å². The number of carboxylic acid groups (broad SMARTS) is 1. The Kier molecular flexibility index (Phi) is 39.1. The minimum atomic E-state index is -4.76. The number of hydrogen-bond acceptors (Lipinski definition) is 11. The largest absolute Gasteiger partial charge is 0.480 e. The number of aliphatic hydroxyl groups is 2. The molecule has 0 rings (SSSR count). The number of phosphoric acid groups is 1. The SMILES string of the molecule is CCCCC/C=C\C/C=C\CCCCCCCCCCCC(=O)OC[C@H](COP(=O)(O)OC[C@H](N)C(=O)O)OC(=O)CCCCCCC[C@H](O)[C@@H](O)C/C=C\CCCCC. The zero-order valence-corrected chi connectivity index (χ0v) is 38.2. The molecule has 0 heterocycles. The number of hydrogen-bond donors (Lipinski definition) is 5. The normalized spacial score (nSPS) is 15.0. The van der Waals surface area contributed by atoms with Gasteiger partial charge in [-0.3, -0.25) is 23.4 Å². The van der Waals surface area contributed by atoms with Crippen LogP contribution >= 0.6 is 7.82 Å². The van der Waals surface area contributed by atoms with Crippen molar-refractivity contribution in [1.29, 1.82) is 0 Å². The lowest BCUT2D eigenvalue weighted by Crippen LogP contribution is -2.34. The predicted molar refractivity (Wildman–Crippen MR) is 238 cm³/mol. The number of phosphoric ester groups is 1. The highest BCUT2D eigenvalue weighted by molar-refractivity contribution is 7.47. The molecule has 0 aromatic carbocycles. The van der Waals surface area contributed by atoms with E-state index in [2.05, 4.69) is 48.8 Å². The van der Waals surface area contributed by atoms with Crippen LogP contribution in [0.5, 0.6) is 0 Å². The molecule has 0 amide bonds. The zero-order valence-electron chi connectivity index (χ0n) is 37.3. The molecular weight excluding hydrogens is 789 g/mol. The van der Waals surface area contributed by atoms with E-state index in [9.17, 15) is 34.1 Å². The first-order valence-corrected chi connectivity index (χ1v) is 24.7. The maximum Gasteiger partial charge on any atom is 0.472 e. The minimum Gasteiger partial charge on any atom is -0.480 e. The van der Waals surface area contributed by atoms with Crippen LogP contribution in [0.4, 0.5) is 0 Å². The van der Waals surface area contributed by atoms with Gasteiger partial charge in [-0.2, -0.15) is 0 Å². The van der Waals surface area contributed by atoms with Gasteiger partial charge < -0.3 is 35.4 Å². The van der Waals surface area contributed by atoms with Crippen LogP contribution in [0.25, 0.3) is 0 Å². The molecule has 0 saturated carbocycles. The third-order valence-electron chi connectivity index (χ3n) is 10.1. The highest BCUT2D eigenvalue weighted by atomic mass is 31.2. The smallest absolute Gasteiger partial charge is 0.472 e. The van der Waals surface area contributed by atoms with Crippen molar-refractivity contribution in [2.24, 2.45) is 5.73 Å². The molecular formula is C46H84NO12P. The van der Waals surface area contributed by atoms with E-state index < -0.39 is 69.9 Å². The minimum absolute atomic E-state index is 0.0613. The molecule has 1 unspecified atom stereocenters. The number of nitrogens with two attached hydrogens (primary N) is 1. The fourth-order valence-corrected chi connectivity index (χ4v) is 7.01. The lowest BCUT2D eigenvalue weighted by atomic mass is 10.0. The van der Waals surface area contributed by atoms with Gasteiger partial charge in [0.15, 0.2) is 6.10 Å². The van der Waals surface area contributed by atoms with Gasteiger partial charge in [-0.25, -0.2) is 4.57 Å². The Bertz CT molecular complexity index is 1200. The number of aliphatic hydroxyl groups excluding tert-OH is 2. The summed E-state index contributed by atoms with van der Waals surface area (Å²) >= 11 is 0. The standard InChI is InChI=1S/C46H84NO12P/c1-3-5-7-9-11-12-13-14-15-16-17-18-19-20-21-22-23-27-31-35-44(50)56-37-40(38-57-60(54,55)58-39-41(47)46(52)53)59-45(51)36-32-28-24-26-30-34-43(49)42(48)33-29-25-10-8-6-4-2/h11-12,14-15,25,29,40-43,48-49H,3-10,13,16-24,26-28,30-39,47H2,1-2H3,(H,52,53)(H,54,55)/b12-11-,15-14-,29-25-/t40-,41+,42+,43+/m1/s1. The predicted octanol–water partition coefficient (Wildman–Crippen LogP) is 10.3. The summed E-state index contributed by atoms with van der Waals surface area (Å²) in [7, 11) is -4.76. The quantitative estimate of drug-likeness (QED) is 0.0167. The molecule has 0 bridgehead atoms. The molecule has 0 radical (unpaired) electrons. The molecule has 13 nitrogen and oxygen atoms in total. The summed E-state index contributed by atoms with van der Waals surface area (Å²) < 4.78 is 32.7. The highest BCUT2D eigenvalue weighted by Crippen LogP contribution is 2.43. The summed E-state index contributed by atoms with van der Waals surface area (Å²) in [6.07, 6.45) is 36.5. The number of carbonyl (C=O) groups is 3. The second kappa shape index (κ2) is 40.7. The Morgan fingerprint density at radius 1 is 0.583 bits per heavy atom. The lowest BCUT2D eigenvalue weighted by Gasteiger charge is -2.20. The van der Waals surface area contributed by atoms with Gasteiger partial charge in [0.1, 0.15) is 12.6 Å². The number of ether oxygens (including phenoxy) is 2. The second-order valence-electron chi connectivity index (χ2n) is 15.8. The van der Waals surface area contributed by atoms with Gasteiger partial charge in [-0.1, -0.05) is 147 Å². The number of unbranched alkanes of at least 4 members (excludes halogenated alkanes) is 19. The third kappa shape index (κ3) is 38.5. The van der Waals surface area contributed by atoms with Crippen molar-refractivity contribution in [3.05, 3.63) is 36.5 Å². The van der Waals surface area contributed by atoms with Crippen molar-refractivity contribution < 1.29 is 57.7 Å². The van der Waals surface area contributed by atoms with Crippen LogP contribution in [-0.2, 0) is 37.5 Å². The summed E-state index contributed by atoms with van der Waals surface area (Å²) in [6, 6.07) is -1.55. The number of carbonyl (C=O) groups excluding carboxylic acids is 2. The fourth-order valence-electron chi connectivity index (χ4n) is 6.24. The average Bonchev–Trinajstić information content (AvgIpc) is 3.22. The molecule has 0 aromatic heterocycles. The number of rotatable bonds is 43. The average molecular weight is 874 g/mol. The first-order chi connectivity index (χ1) is 28.9. The summed E-state index contributed by atoms with van der Waals surface area (Å²) in [5.41, 5.74) is 5.33. The van der Waals surface area contributed by atoms with E-state index in [1.807, 2.05) is 6.08 Å². The van der Waals surface area contributed by atoms with E-state index in [-0.39, 0.29) is 12.8 Å². The van der Waals surface area contributed by atoms with Crippen LogP contribution in [0, 0.1) is 0 Å². The topological polar surface area (TPSA) is 212 Å². The molecule has 0 fully saturated rings. The van der Waals surface area contributed by atoms with Gasteiger partial charge in [0.2, 0.25) is 0 Å². The monoisotopic (exact) mass is 874 g/mol. The summed E-state index contributed by atoms with van der Waals surface area (Å²) in [4.78, 5) is 46.1. The lowest BCUT2D eigenvalue weighted by molar-refractivity contribution is -0.161. The van der Waals surface area contributed by atoms with Crippen LogP contribution in [0.15, 0.2) is 36.5 Å². The molecule has 60 heavy (non-hydrogen) atoms. The summed E-state index contributed by atoms with van der Waals surface area (Å²) in [5.74, 6) is -2.51. The fraction of sp³-hybridized carbons (Fsp3) is 0.804. The Balaban J connectivity index is 4.42. The van der Waals surface area contributed by atoms with Crippen LogP contribution in [0.1, 0.15) is 194 Å². The molecule has 350 valence electrons. The number of allylic oxidation sites excluding steroid dienone is 5. The maximum absolute atomic E-state index is 12.7. The molecule has 0 aliphatic carbocycles. The van der Waals surface area contributed by atoms with Crippen LogP contribution in [-0.4, -0.2) is 82.3 Å². The number of aliphatic carboxylic acids is 1. The van der Waals surface area contributed by atoms with Crippen LogP contribution < -0.4 is 5.73 Å². The van der Waals surface area contributed by atoms with Crippen molar-refractivity contribution >= 4 is 25.7 Å². The Hall–Kier alpha value is -2.38. The molecule has 0 aromatic rings.